The average Bonchev–Trinajstić information content (AvgIpc) is 2.59. The molecule has 16 heavy (non-hydrogen) atoms. The number of hydrogen-bond acceptors (Lipinski definition) is 5. The van der Waals surface area contributed by atoms with Crippen molar-refractivity contribution in [3.8, 4) is 0 Å². The molecule has 1 aromatic heterocycles. The van der Waals surface area contributed by atoms with Gasteiger partial charge in [0.25, 0.3) is 5.91 Å². The fraction of sp³-hybridized carbons (Fsp3) is 0.444. The molecule has 1 fully saturated rings. The van der Waals surface area contributed by atoms with Crippen molar-refractivity contribution in [3.63, 3.8) is 0 Å². The Morgan fingerprint density at radius 3 is 2.88 bits per heavy atom. The van der Waals surface area contributed by atoms with E-state index in [1.165, 1.54) is 18.6 Å². The highest BCUT2D eigenvalue weighted by Gasteiger charge is 2.29. The first-order valence-electron chi connectivity index (χ1n) is 4.84. The maximum absolute atomic E-state index is 11.6. The van der Waals surface area contributed by atoms with Crippen molar-refractivity contribution in [2.45, 2.75) is 12.5 Å². The molecule has 1 atom stereocenters. The van der Waals surface area contributed by atoms with Gasteiger partial charge in [-0.05, 0) is 12.5 Å². The van der Waals surface area contributed by atoms with Gasteiger partial charge in [-0.3, -0.25) is 4.79 Å². The van der Waals surface area contributed by atoms with E-state index in [1.807, 2.05) is 0 Å². The standard InChI is InChI=1S/C9H11N3O3S/c13-9(8-1-3-10-6-11-8)12-7-2-4-16(14,15)5-7/h1,3,6-7H,2,4-5H2,(H,12,13). The Hall–Kier alpha value is -1.50. The summed E-state index contributed by atoms with van der Waals surface area (Å²) in [7, 11) is -2.97. The monoisotopic (exact) mass is 241 g/mol. The van der Waals surface area contributed by atoms with Crippen molar-refractivity contribution in [1.82, 2.24) is 15.3 Å². The summed E-state index contributed by atoms with van der Waals surface area (Å²) in [5.41, 5.74) is 0.249. The molecule has 6 nitrogen and oxygen atoms in total. The number of rotatable bonds is 2. The van der Waals surface area contributed by atoms with Crippen molar-refractivity contribution < 1.29 is 13.2 Å². The van der Waals surface area contributed by atoms with Crippen LogP contribution >= 0.6 is 0 Å². The van der Waals surface area contributed by atoms with Crippen molar-refractivity contribution in [3.05, 3.63) is 24.3 Å². The highest BCUT2D eigenvalue weighted by atomic mass is 32.2. The summed E-state index contributed by atoms with van der Waals surface area (Å²) in [6, 6.07) is 1.19. The normalized spacial score (nSPS) is 22.9. The lowest BCUT2D eigenvalue weighted by Gasteiger charge is -2.09. The van der Waals surface area contributed by atoms with Crippen LogP contribution in [0.2, 0.25) is 0 Å². The molecule has 1 saturated heterocycles. The first-order chi connectivity index (χ1) is 7.57. The van der Waals surface area contributed by atoms with Crippen LogP contribution < -0.4 is 5.32 Å². The first-order valence-corrected chi connectivity index (χ1v) is 6.66. The number of carbonyl (C=O) groups excluding carboxylic acids is 1. The van der Waals surface area contributed by atoms with E-state index in [1.54, 1.807) is 0 Å². The first kappa shape index (κ1) is 11.0. The minimum atomic E-state index is -2.97. The van der Waals surface area contributed by atoms with E-state index >= 15 is 0 Å². The van der Waals surface area contributed by atoms with Crippen LogP contribution in [0, 0.1) is 0 Å². The van der Waals surface area contributed by atoms with E-state index in [0.717, 1.165) is 0 Å². The van der Waals surface area contributed by atoms with Crippen LogP contribution in [-0.2, 0) is 9.84 Å². The molecule has 0 radical (unpaired) electrons. The van der Waals surface area contributed by atoms with Gasteiger partial charge in [0.15, 0.2) is 9.84 Å². The Labute approximate surface area is 93.0 Å². The number of hydrogen-bond donors (Lipinski definition) is 1. The summed E-state index contributed by atoms with van der Waals surface area (Å²) in [5.74, 6) is -0.199. The van der Waals surface area contributed by atoms with Crippen LogP contribution in [0.15, 0.2) is 18.6 Å². The Morgan fingerprint density at radius 1 is 1.50 bits per heavy atom. The van der Waals surface area contributed by atoms with Crippen LogP contribution in [0.3, 0.4) is 0 Å². The second-order valence-corrected chi connectivity index (χ2v) is 5.90. The molecule has 1 N–H and O–H groups in total. The molecule has 1 aromatic rings. The molecule has 86 valence electrons. The number of carbonyl (C=O) groups is 1. The molecule has 1 aliphatic heterocycles. The zero-order valence-corrected chi connectivity index (χ0v) is 9.27. The van der Waals surface area contributed by atoms with E-state index in [-0.39, 0.29) is 29.1 Å². The maximum atomic E-state index is 11.6. The summed E-state index contributed by atoms with van der Waals surface area (Å²) >= 11 is 0. The topological polar surface area (TPSA) is 89.0 Å². The molecular weight excluding hydrogens is 230 g/mol. The summed E-state index contributed by atoms with van der Waals surface area (Å²) in [6.07, 6.45) is 3.22. The van der Waals surface area contributed by atoms with Gasteiger partial charge in [-0.25, -0.2) is 18.4 Å². The Balaban J connectivity index is 1.99. The molecule has 0 aromatic carbocycles. The van der Waals surface area contributed by atoms with Crippen LogP contribution in [0.1, 0.15) is 16.9 Å². The largest absolute Gasteiger partial charge is 0.347 e. The molecule has 1 aliphatic rings. The second kappa shape index (κ2) is 4.17. The molecule has 0 spiro atoms. The van der Waals surface area contributed by atoms with Gasteiger partial charge in [-0.2, -0.15) is 0 Å². The molecule has 0 bridgehead atoms. The molecule has 1 amide bonds. The minimum absolute atomic E-state index is 0.0177. The van der Waals surface area contributed by atoms with Crippen LogP contribution in [0.4, 0.5) is 0 Å². The summed E-state index contributed by atoms with van der Waals surface area (Å²) in [5, 5.41) is 2.64. The lowest BCUT2D eigenvalue weighted by atomic mass is 10.2. The van der Waals surface area contributed by atoms with Crippen molar-refractivity contribution in [2.24, 2.45) is 0 Å². The van der Waals surface area contributed by atoms with E-state index in [0.29, 0.717) is 6.42 Å². The van der Waals surface area contributed by atoms with Crippen molar-refractivity contribution >= 4 is 15.7 Å². The Morgan fingerprint density at radius 2 is 2.31 bits per heavy atom. The summed E-state index contributed by atoms with van der Waals surface area (Å²) < 4.78 is 22.4. The fourth-order valence-electron chi connectivity index (χ4n) is 1.59. The highest BCUT2D eigenvalue weighted by Crippen LogP contribution is 2.11. The highest BCUT2D eigenvalue weighted by molar-refractivity contribution is 7.91. The van der Waals surface area contributed by atoms with Crippen molar-refractivity contribution in [2.75, 3.05) is 11.5 Å². The lowest BCUT2D eigenvalue weighted by molar-refractivity contribution is 0.0936. The van der Waals surface area contributed by atoms with Gasteiger partial charge >= 0.3 is 0 Å². The number of nitrogens with one attached hydrogen (secondary N) is 1. The molecular formula is C9H11N3O3S. The lowest BCUT2D eigenvalue weighted by Crippen LogP contribution is -2.36. The quantitative estimate of drug-likeness (QED) is 0.746. The predicted molar refractivity (Wildman–Crippen MR) is 56.6 cm³/mol. The van der Waals surface area contributed by atoms with E-state index in [9.17, 15) is 13.2 Å². The van der Waals surface area contributed by atoms with Gasteiger partial charge in [0.05, 0.1) is 11.5 Å². The van der Waals surface area contributed by atoms with E-state index in [4.69, 9.17) is 0 Å². The van der Waals surface area contributed by atoms with Gasteiger partial charge in [0.2, 0.25) is 0 Å². The van der Waals surface area contributed by atoms with E-state index < -0.39 is 9.84 Å². The Kier molecular flexibility index (Phi) is 2.86. The van der Waals surface area contributed by atoms with Gasteiger partial charge in [0, 0.05) is 12.2 Å². The summed E-state index contributed by atoms with van der Waals surface area (Å²) in [4.78, 5) is 19.1. The van der Waals surface area contributed by atoms with Crippen LogP contribution in [-0.4, -0.2) is 41.8 Å². The third kappa shape index (κ3) is 2.54. The third-order valence-electron chi connectivity index (χ3n) is 2.38. The summed E-state index contributed by atoms with van der Waals surface area (Å²) in [6.45, 7) is 0. The number of sulfone groups is 1. The fourth-order valence-corrected chi connectivity index (χ4v) is 3.27. The molecule has 2 rings (SSSR count). The minimum Gasteiger partial charge on any atom is -0.347 e. The Bertz CT molecular complexity index is 486. The molecule has 0 saturated carbocycles. The van der Waals surface area contributed by atoms with Crippen LogP contribution in [0.5, 0.6) is 0 Å². The zero-order chi connectivity index (χ0) is 11.6. The number of amides is 1. The number of aromatic nitrogens is 2. The number of nitrogens with zero attached hydrogens (tertiary/aromatic N) is 2. The molecule has 0 aliphatic carbocycles. The van der Waals surface area contributed by atoms with Crippen molar-refractivity contribution in [1.29, 1.82) is 0 Å². The smallest absolute Gasteiger partial charge is 0.270 e. The average molecular weight is 241 g/mol. The molecule has 2 heterocycles. The molecule has 7 heteroatoms. The van der Waals surface area contributed by atoms with E-state index in [2.05, 4.69) is 15.3 Å². The van der Waals surface area contributed by atoms with Gasteiger partial charge < -0.3 is 5.32 Å². The SMILES string of the molecule is O=C(NC1CCS(=O)(=O)C1)c1ccncn1. The predicted octanol–water partition coefficient (Wildman–Crippen LogP) is -0.607. The van der Waals surface area contributed by atoms with Gasteiger partial charge in [0.1, 0.15) is 12.0 Å². The zero-order valence-electron chi connectivity index (χ0n) is 8.46. The van der Waals surface area contributed by atoms with Crippen LogP contribution in [0.25, 0.3) is 0 Å². The molecule has 1 unspecified atom stereocenters. The van der Waals surface area contributed by atoms with Gasteiger partial charge in [-0.15, -0.1) is 0 Å². The van der Waals surface area contributed by atoms with Gasteiger partial charge in [-0.1, -0.05) is 0 Å². The third-order valence-corrected chi connectivity index (χ3v) is 4.15. The maximum Gasteiger partial charge on any atom is 0.270 e. The second-order valence-electron chi connectivity index (χ2n) is 3.67.